The Morgan fingerprint density at radius 3 is 2.80 bits per heavy atom. The number of nitrogens with one attached hydrogen (secondary N) is 1. The smallest absolute Gasteiger partial charge is 0.189 e. The van der Waals surface area contributed by atoms with Crippen LogP contribution in [0.5, 0.6) is 0 Å². The molecule has 1 heterocycles. The van der Waals surface area contributed by atoms with Crippen molar-refractivity contribution in [1.29, 1.82) is 0 Å². The monoisotopic (exact) mass is 207 g/mol. The Bertz CT molecular complexity index is 325. The SMILES string of the molecule is CC(C)(C)NC(N)=NCc1cccnn1. The molecule has 0 amide bonds. The molecular formula is C10H17N5. The van der Waals surface area contributed by atoms with Crippen molar-refractivity contribution >= 4 is 5.96 Å². The van der Waals surface area contributed by atoms with Gasteiger partial charge in [-0.15, -0.1) is 0 Å². The lowest BCUT2D eigenvalue weighted by molar-refractivity contribution is 0.508. The number of hydrogen-bond acceptors (Lipinski definition) is 3. The topological polar surface area (TPSA) is 76.2 Å². The van der Waals surface area contributed by atoms with Gasteiger partial charge in [0, 0.05) is 11.7 Å². The number of hydrogen-bond donors (Lipinski definition) is 2. The van der Waals surface area contributed by atoms with Gasteiger partial charge in [0.05, 0.1) is 12.2 Å². The van der Waals surface area contributed by atoms with E-state index in [1.165, 1.54) is 0 Å². The fourth-order valence-corrected chi connectivity index (χ4v) is 1.01. The molecule has 0 radical (unpaired) electrons. The molecule has 0 aliphatic carbocycles. The van der Waals surface area contributed by atoms with Crippen LogP contribution in [0.4, 0.5) is 0 Å². The van der Waals surface area contributed by atoms with E-state index in [1.807, 2.05) is 32.9 Å². The van der Waals surface area contributed by atoms with Crippen LogP contribution in [0.2, 0.25) is 0 Å². The van der Waals surface area contributed by atoms with Gasteiger partial charge in [-0.1, -0.05) is 0 Å². The Hall–Kier alpha value is -1.65. The minimum atomic E-state index is -0.0735. The van der Waals surface area contributed by atoms with Crippen LogP contribution in [0.25, 0.3) is 0 Å². The molecule has 82 valence electrons. The van der Waals surface area contributed by atoms with E-state index in [4.69, 9.17) is 5.73 Å². The van der Waals surface area contributed by atoms with Crippen molar-refractivity contribution in [2.24, 2.45) is 10.7 Å². The third-order valence-electron chi connectivity index (χ3n) is 1.54. The summed E-state index contributed by atoms with van der Waals surface area (Å²) in [7, 11) is 0. The summed E-state index contributed by atoms with van der Waals surface area (Å²) in [4.78, 5) is 4.16. The van der Waals surface area contributed by atoms with Crippen molar-refractivity contribution in [3.8, 4) is 0 Å². The predicted molar refractivity (Wildman–Crippen MR) is 60.2 cm³/mol. The molecule has 5 nitrogen and oxygen atoms in total. The summed E-state index contributed by atoms with van der Waals surface area (Å²) in [6.45, 7) is 6.52. The van der Waals surface area contributed by atoms with E-state index in [0.717, 1.165) is 5.69 Å². The highest BCUT2D eigenvalue weighted by Crippen LogP contribution is 1.98. The fraction of sp³-hybridized carbons (Fsp3) is 0.500. The van der Waals surface area contributed by atoms with E-state index in [9.17, 15) is 0 Å². The van der Waals surface area contributed by atoms with Crippen LogP contribution in [-0.2, 0) is 6.54 Å². The van der Waals surface area contributed by atoms with Crippen LogP contribution < -0.4 is 11.1 Å². The van der Waals surface area contributed by atoms with Gasteiger partial charge in [0.15, 0.2) is 5.96 Å². The maximum atomic E-state index is 5.70. The molecule has 0 fully saturated rings. The Morgan fingerprint density at radius 2 is 2.27 bits per heavy atom. The maximum Gasteiger partial charge on any atom is 0.189 e. The van der Waals surface area contributed by atoms with Gasteiger partial charge < -0.3 is 11.1 Å². The van der Waals surface area contributed by atoms with Crippen molar-refractivity contribution < 1.29 is 0 Å². The summed E-state index contributed by atoms with van der Waals surface area (Å²) < 4.78 is 0. The molecule has 15 heavy (non-hydrogen) atoms. The second kappa shape index (κ2) is 4.72. The van der Waals surface area contributed by atoms with Crippen molar-refractivity contribution in [1.82, 2.24) is 15.5 Å². The van der Waals surface area contributed by atoms with Crippen LogP contribution in [0.3, 0.4) is 0 Å². The number of rotatable bonds is 2. The minimum absolute atomic E-state index is 0.0735. The third kappa shape index (κ3) is 4.95. The van der Waals surface area contributed by atoms with Gasteiger partial charge in [0.2, 0.25) is 0 Å². The molecular weight excluding hydrogens is 190 g/mol. The highest BCUT2D eigenvalue weighted by atomic mass is 15.1. The van der Waals surface area contributed by atoms with E-state index in [2.05, 4.69) is 20.5 Å². The second-order valence-electron chi connectivity index (χ2n) is 4.29. The normalized spacial score (nSPS) is 12.6. The number of guanidine groups is 1. The Balaban J connectivity index is 2.51. The van der Waals surface area contributed by atoms with Crippen LogP contribution in [0.1, 0.15) is 26.5 Å². The number of nitrogens with zero attached hydrogens (tertiary/aromatic N) is 3. The van der Waals surface area contributed by atoms with Crippen molar-refractivity contribution in [3.05, 3.63) is 24.0 Å². The summed E-state index contributed by atoms with van der Waals surface area (Å²) in [5.41, 5.74) is 6.43. The first-order valence-electron chi connectivity index (χ1n) is 4.82. The quantitative estimate of drug-likeness (QED) is 0.552. The Labute approximate surface area is 89.8 Å². The highest BCUT2D eigenvalue weighted by molar-refractivity contribution is 5.78. The fourth-order valence-electron chi connectivity index (χ4n) is 1.01. The average Bonchev–Trinajstić information content (AvgIpc) is 2.14. The van der Waals surface area contributed by atoms with E-state index < -0.39 is 0 Å². The van der Waals surface area contributed by atoms with Crippen LogP contribution >= 0.6 is 0 Å². The molecule has 0 aliphatic heterocycles. The number of aliphatic imine (C=N–C) groups is 1. The van der Waals surface area contributed by atoms with Crippen molar-refractivity contribution in [2.75, 3.05) is 0 Å². The molecule has 0 atom stereocenters. The molecule has 0 saturated carbocycles. The minimum Gasteiger partial charge on any atom is -0.370 e. The molecule has 1 aromatic heterocycles. The van der Waals surface area contributed by atoms with Gasteiger partial charge in [-0.2, -0.15) is 10.2 Å². The first kappa shape index (κ1) is 11.4. The summed E-state index contributed by atoms with van der Waals surface area (Å²) in [6.07, 6.45) is 1.63. The molecule has 0 spiro atoms. The largest absolute Gasteiger partial charge is 0.370 e. The summed E-state index contributed by atoms with van der Waals surface area (Å²) in [6, 6.07) is 3.69. The van der Waals surface area contributed by atoms with E-state index in [1.54, 1.807) is 6.20 Å². The maximum absolute atomic E-state index is 5.70. The van der Waals surface area contributed by atoms with E-state index in [0.29, 0.717) is 12.5 Å². The molecule has 0 saturated heterocycles. The van der Waals surface area contributed by atoms with Crippen LogP contribution in [0, 0.1) is 0 Å². The molecule has 0 bridgehead atoms. The van der Waals surface area contributed by atoms with Crippen LogP contribution in [0.15, 0.2) is 23.3 Å². The van der Waals surface area contributed by atoms with E-state index >= 15 is 0 Å². The molecule has 1 rings (SSSR count). The average molecular weight is 207 g/mol. The van der Waals surface area contributed by atoms with Gasteiger partial charge in [-0.25, -0.2) is 4.99 Å². The Morgan fingerprint density at radius 1 is 1.53 bits per heavy atom. The van der Waals surface area contributed by atoms with Gasteiger partial charge >= 0.3 is 0 Å². The van der Waals surface area contributed by atoms with Crippen LogP contribution in [-0.4, -0.2) is 21.7 Å². The number of nitrogens with two attached hydrogens (primary N) is 1. The number of aromatic nitrogens is 2. The van der Waals surface area contributed by atoms with E-state index in [-0.39, 0.29) is 5.54 Å². The first-order chi connectivity index (χ1) is 6.97. The Kier molecular flexibility index (Phi) is 3.60. The predicted octanol–water partition coefficient (Wildman–Crippen LogP) is 0.679. The zero-order chi connectivity index (χ0) is 11.3. The molecule has 3 N–H and O–H groups in total. The summed E-state index contributed by atoms with van der Waals surface area (Å²) >= 11 is 0. The lowest BCUT2D eigenvalue weighted by Crippen LogP contribution is -2.45. The van der Waals surface area contributed by atoms with Gasteiger partial charge in [-0.3, -0.25) is 0 Å². The third-order valence-corrected chi connectivity index (χ3v) is 1.54. The molecule has 0 aromatic carbocycles. The molecule has 0 unspecified atom stereocenters. The van der Waals surface area contributed by atoms with Gasteiger partial charge in [-0.05, 0) is 32.9 Å². The standard InChI is InChI=1S/C10H17N5/c1-10(2,3)14-9(11)12-7-8-5-4-6-13-15-8/h4-6H,7H2,1-3H3,(H3,11,12,14). The lowest BCUT2D eigenvalue weighted by Gasteiger charge is -2.20. The second-order valence-corrected chi connectivity index (χ2v) is 4.29. The molecule has 1 aromatic rings. The zero-order valence-electron chi connectivity index (χ0n) is 9.36. The molecule has 5 heteroatoms. The van der Waals surface area contributed by atoms with Crippen molar-refractivity contribution in [2.45, 2.75) is 32.9 Å². The van der Waals surface area contributed by atoms with Gasteiger partial charge in [0.1, 0.15) is 0 Å². The zero-order valence-corrected chi connectivity index (χ0v) is 9.36. The first-order valence-corrected chi connectivity index (χ1v) is 4.82. The summed E-state index contributed by atoms with van der Waals surface area (Å²) in [5.74, 6) is 0.424. The van der Waals surface area contributed by atoms with Crippen molar-refractivity contribution in [3.63, 3.8) is 0 Å². The van der Waals surface area contributed by atoms with Gasteiger partial charge in [0.25, 0.3) is 0 Å². The summed E-state index contributed by atoms with van der Waals surface area (Å²) in [5, 5.41) is 10.7. The molecule has 0 aliphatic rings. The highest BCUT2D eigenvalue weighted by Gasteiger charge is 2.09. The lowest BCUT2D eigenvalue weighted by atomic mass is 10.1.